The number of carbonyl (C=O) groups is 1. The van der Waals surface area contributed by atoms with Crippen LogP contribution in [0, 0.1) is 5.92 Å². The van der Waals surface area contributed by atoms with E-state index in [4.69, 9.17) is 28.9 Å². The molecule has 0 aromatic heterocycles. The van der Waals surface area contributed by atoms with Crippen LogP contribution in [-0.4, -0.2) is 12.5 Å². The van der Waals surface area contributed by atoms with Gasteiger partial charge in [0.05, 0.1) is 10.6 Å². The number of anilines is 1. The zero-order chi connectivity index (χ0) is 13.0. The molecule has 0 aliphatic rings. The Balaban J connectivity index is 2.76. The highest BCUT2D eigenvalue weighted by Crippen LogP contribution is 2.26. The molecule has 0 unspecified atom stereocenters. The average molecular weight is 275 g/mol. The van der Waals surface area contributed by atoms with E-state index in [0.717, 1.165) is 6.42 Å². The molecule has 1 rings (SSSR count). The van der Waals surface area contributed by atoms with Crippen molar-refractivity contribution in [1.82, 2.24) is 5.32 Å². The van der Waals surface area contributed by atoms with Gasteiger partial charge >= 0.3 is 0 Å². The second-order valence-corrected chi connectivity index (χ2v) is 5.13. The number of nitrogens with two attached hydrogens (primary N) is 1. The molecule has 5 heteroatoms. The molecule has 3 nitrogen and oxygen atoms in total. The van der Waals surface area contributed by atoms with Crippen LogP contribution in [0.15, 0.2) is 12.1 Å². The minimum Gasteiger partial charge on any atom is -0.398 e. The standard InChI is InChI=1S/C12H16Cl2N2O/c1-7(2)3-4-16-12(17)11-9(14)5-8(13)6-10(11)15/h5-7H,3-4,15H2,1-2H3,(H,16,17). The van der Waals surface area contributed by atoms with Gasteiger partial charge in [0.1, 0.15) is 0 Å². The van der Waals surface area contributed by atoms with Crippen molar-refractivity contribution >= 4 is 34.8 Å². The van der Waals surface area contributed by atoms with Crippen LogP contribution in [0.2, 0.25) is 10.0 Å². The highest BCUT2D eigenvalue weighted by Gasteiger charge is 2.14. The molecule has 0 saturated heterocycles. The molecule has 0 spiro atoms. The molecule has 0 saturated carbocycles. The molecule has 0 heterocycles. The van der Waals surface area contributed by atoms with Gasteiger partial charge in [-0.25, -0.2) is 0 Å². The van der Waals surface area contributed by atoms with Crippen LogP contribution in [0.25, 0.3) is 0 Å². The van der Waals surface area contributed by atoms with E-state index in [2.05, 4.69) is 19.2 Å². The van der Waals surface area contributed by atoms with E-state index in [-0.39, 0.29) is 10.9 Å². The maximum absolute atomic E-state index is 11.9. The molecule has 0 bridgehead atoms. The van der Waals surface area contributed by atoms with Crippen molar-refractivity contribution < 1.29 is 4.79 Å². The lowest BCUT2D eigenvalue weighted by Crippen LogP contribution is -2.26. The van der Waals surface area contributed by atoms with Crippen LogP contribution in [0.3, 0.4) is 0 Å². The Morgan fingerprint density at radius 1 is 1.41 bits per heavy atom. The summed E-state index contributed by atoms with van der Waals surface area (Å²) in [7, 11) is 0. The fraction of sp³-hybridized carbons (Fsp3) is 0.417. The van der Waals surface area contributed by atoms with Crippen LogP contribution in [-0.2, 0) is 0 Å². The number of benzene rings is 1. The van der Waals surface area contributed by atoms with Gasteiger partial charge in [-0.3, -0.25) is 4.79 Å². The summed E-state index contributed by atoms with van der Waals surface area (Å²) in [6.45, 7) is 4.79. The van der Waals surface area contributed by atoms with Crippen LogP contribution in [0.1, 0.15) is 30.6 Å². The normalized spacial score (nSPS) is 10.6. The zero-order valence-electron chi connectivity index (χ0n) is 9.89. The van der Waals surface area contributed by atoms with E-state index in [1.54, 1.807) is 0 Å². The quantitative estimate of drug-likeness (QED) is 0.828. The number of halogens is 2. The van der Waals surface area contributed by atoms with Gasteiger partial charge in [0.15, 0.2) is 0 Å². The van der Waals surface area contributed by atoms with Crippen molar-refractivity contribution in [3.8, 4) is 0 Å². The highest BCUT2D eigenvalue weighted by molar-refractivity contribution is 6.37. The second-order valence-electron chi connectivity index (χ2n) is 4.29. The van der Waals surface area contributed by atoms with Crippen LogP contribution < -0.4 is 11.1 Å². The number of nitrogen functional groups attached to an aromatic ring is 1. The number of hydrogen-bond donors (Lipinski definition) is 2. The van der Waals surface area contributed by atoms with Crippen LogP contribution in [0.4, 0.5) is 5.69 Å². The SMILES string of the molecule is CC(C)CCNC(=O)c1c(N)cc(Cl)cc1Cl. The van der Waals surface area contributed by atoms with Gasteiger partial charge in [0.2, 0.25) is 0 Å². The van der Waals surface area contributed by atoms with E-state index in [1.165, 1.54) is 12.1 Å². The fourth-order valence-corrected chi connectivity index (χ4v) is 1.99. The van der Waals surface area contributed by atoms with Crippen LogP contribution in [0.5, 0.6) is 0 Å². The smallest absolute Gasteiger partial charge is 0.254 e. The molecule has 1 amide bonds. The van der Waals surface area contributed by atoms with Crippen molar-refractivity contribution in [2.24, 2.45) is 5.92 Å². The molecule has 0 radical (unpaired) electrons. The molecule has 17 heavy (non-hydrogen) atoms. The Hall–Kier alpha value is -0.930. The minimum atomic E-state index is -0.259. The molecule has 1 aromatic rings. The van der Waals surface area contributed by atoms with Gasteiger partial charge in [-0.05, 0) is 24.5 Å². The van der Waals surface area contributed by atoms with Gasteiger partial charge in [-0.1, -0.05) is 37.0 Å². The van der Waals surface area contributed by atoms with Crippen LogP contribution >= 0.6 is 23.2 Å². The fourth-order valence-electron chi connectivity index (χ4n) is 1.40. The average Bonchev–Trinajstić information content (AvgIpc) is 2.14. The van der Waals surface area contributed by atoms with Crippen molar-refractivity contribution in [3.63, 3.8) is 0 Å². The van der Waals surface area contributed by atoms with E-state index in [1.807, 2.05) is 0 Å². The first-order valence-corrected chi connectivity index (χ1v) is 6.20. The number of amides is 1. The monoisotopic (exact) mass is 274 g/mol. The molecule has 0 aliphatic carbocycles. The Morgan fingerprint density at radius 3 is 2.59 bits per heavy atom. The number of rotatable bonds is 4. The summed E-state index contributed by atoms with van der Waals surface area (Å²) in [5.41, 5.74) is 6.31. The molecule has 3 N–H and O–H groups in total. The molecule has 94 valence electrons. The molecule has 0 aliphatic heterocycles. The van der Waals surface area contributed by atoms with Crippen molar-refractivity contribution in [3.05, 3.63) is 27.7 Å². The number of nitrogens with one attached hydrogen (secondary N) is 1. The van der Waals surface area contributed by atoms with Gasteiger partial charge in [-0.15, -0.1) is 0 Å². The third kappa shape index (κ3) is 4.10. The third-order valence-electron chi connectivity index (χ3n) is 2.32. The minimum absolute atomic E-state index is 0.259. The summed E-state index contributed by atoms with van der Waals surface area (Å²) in [5, 5.41) is 3.48. The van der Waals surface area contributed by atoms with Crippen molar-refractivity contribution in [2.45, 2.75) is 20.3 Å². The summed E-state index contributed by atoms with van der Waals surface area (Å²) in [5.74, 6) is 0.276. The van der Waals surface area contributed by atoms with E-state index in [9.17, 15) is 4.79 Å². The molecular weight excluding hydrogens is 259 g/mol. The van der Waals surface area contributed by atoms with Gasteiger partial charge < -0.3 is 11.1 Å². The predicted octanol–water partition coefficient (Wildman–Crippen LogP) is 3.35. The van der Waals surface area contributed by atoms with Gasteiger partial charge in [0, 0.05) is 17.3 Å². The maximum Gasteiger partial charge on any atom is 0.254 e. The lowest BCUT2D eigenvalue weighted by Gasteiger charge is -2.10. The first-order valence-electron chi connectivity index (χ1n) is 5.44. The first-order chi connectivity index (χ1) is 7.91. The van der Waals surface area contributed by atoms with Crippen molar-refractivity contribution in [1.29, 1.82) is 0 Å². The maximum atomic E-state index is 11.9. The van der Waals surface area contributed by atoms with E-state index < -0.39 is 0 Å². The Labute approximate surface area is 111 Å². The number of hydrogen-bond acceptors (Lipinski definition) is 2. The first kappa shape index (κ1) is 14.1. The lowest BCUT2D eigenvalue weighted by molar-refractivity contribution is 0.0953. The highest BCUT2D eigenvalue weighted by atomic mass is 35.5. The Kier molecular flexibility index (Phi) is 5.09. The van der Waals surface area contributed by atoms with Gasteiger partial charge in [-0.2, -0.15) is 0 Å². The zero-order valence-corrected chi connectivity index (χ0v) is 11.4. The Bertz CT molecular complexity index is 396. The summed E-state index contributed by atoms with van der Waals surface area (Å²) in [4.78, 5) is 11.9. The molecular formula is C12H16Cl2N2O. The summed E-state index contributed by atoms with van der Waals surface area (Å²) >= 11 is 11.7. The van der Waals surface area contributed by atoms with Crippen molar-refractivity contribution in [2.75, 3.05) is 12.3 Å². The largest absolute Gasteiger partial charge is 0.398 e. The summed E-state index contributed by atoms with van der Waals surface area (Å²) in [6, 6.07) is 3.03. The lowest BCUT2D eigenvalue weighted by atomic mass is 10.1. The second kappa shape index (κ2) is 6.12. The van der Waals surface area contributed by atoms with E-state index >= 15 is 0 Å². The third-order valence-corrected chi connectivity index (χ3v) is 2.84. The summed E-state index contributed by atoms with van der Waals surface area (Å²) < 4.78 is 0. The van der Waals surface area contributed by atoms with E-state index in [0.29, 0.717) is 28.7 Å². The summed E-state index contributed by atoms with van der Waals surface area (Å²) in [6.07, 6.45) is 0.914. The predicted molar refractivity (Wildman–Crippen MR) is 72.7 cm³/mol. The molecule has 0 fully saturated rings. The molecule has 0 atom stereocenters. The Morgan fingerprint density at radius 2 is 2.06 bits per heavy atom. The molecule has 1 aromatic carbocycles. The topological polar surface area (TPSA) is 55.1 Å². The van der Waals surface area contributed by atoms with Gasteiger partial charge in [0.25, 0.3) is 5.91 Å². The number of carbonyl (C=O) groups excluding carboxylic acids is 1.